The second kappa shape index (κ2) is 7.60. The average molecular weight is 394 g/mol. The Kier molecular flexibility index (Phi) is 5.58. The highest BCUT2D eigenvalue weighted by atomic mass is 35.5. The molecule has 1 aromatic carbocycles. The van der Waals surface area contributed by atoms with Crippen LogP contribution < -0.4 is 0 Å². The molecule has 3 rings (SSSR count). The summed E-state index contributed by atoms with van der Waals surface area (Å²) in [5.41, 5.74) is 1.82. The van der Waals surface area contributed by atoms with Crippen LogP contribution in [0.15, 0.2) is 24.3 Å². The van der Waals surface area contributed by atoms with E-state index in [-0.39, 0.29) is 23.2 Å². The van der Waals surface area contributed by atoms with Crippen molar-refractivity contribution >= 4 is 17.5 Å². The van der Waals surface area contributed by atoms with E-state index in [1.54, 1.807) is 28.6 Å². The number of halogens is 2. The quantitative estimate of drug-likeness (QED) is 0.794. The number of aromatic nitrogens is 2. The van der Waals surface area contributed by atoms with Crippen molar-refractivity contribution < 1.29 is 13.9 Å². The van der Waals surface area contributed by atoms with E-state index < -0.39 is 0 Å². The fourth-order valence-corrected chi connectivity index (χ4v) is 3.49. The first-order chi connectivity index (χ1) is 12.7. The summed E-state index contributed by atoms with van der Waals surface area (Å²) in [6.45, 7) is 10.0. The topological polar surface area (TPSA) is 47.4 Å². The fourth-order valence-electron chi connectivity index (χ4n) is 3.18. The number of carbonyl (C=O) groups is 1. The first-order valence-corrected chi connectivity index (χ1v) is 9.43. The third kappa shape index (κ3) is 4.33. The van der Waals surface area contributed by atoms with Crippen LogP contribution in [-0.2, 0) is 11.3 Å². The van der Waals surface area contributed by atoms with Crippen LogP contribution >= 0.6 is 11.6 Å². The Morgan fingerprint density at radius 3 is 2.63 bits per heavy atom. The van der Waals surface area contributed by atoms with Gasteiger partial charge in [-0.15, -0.1) is 0 Å². The minimum atomic E-state index is -0.293. The Labute approximate surface area is 164 Å². The van der Waals surface area contributed by atoms with Crippen molar-refractivity contribution in [3.8, 4) is 0 Å². The van der Waals surface area contributed by atoms with Crippen LogP contribution in [-0.4, -0.2) is 46.4 Å². The van der Waals surface area contributed by atoms with Gasteiger partial charge >= 0.3 is 0 Å². The summed E-state index contributed by atoms with van der Waals surface area (Å²) in [7, 11) is 0. The predicted molar refractivity (Wildman–Crippen MR) is 103 cm³/mol. The Balaban J connectivity index is 1.81. The Morgan fingerprint density at radius 1 is 1.33 bits per heavy atom. The molecule has 0 spiro atoms. The number of morpholine rings is 1. The van der Waals surface area contributed by atoms with Crippen LogP contribution in [0.25, 0.3) is 0 Å². The fraction of sp³-hybridized carbons (Fsp3) is 0.500. The lowest BCUT2D eigenvalue weighted by molar-refractivity contribution is -0.0706. The van der Waals surface area contributed by atoms with Crippen LogP contribution in [0.5, 0.6) is 0 Å². The van der Waals surface area contributed by atoms with E-state index in [0.717, 1.165) is 5.56 Å². The van der Waals surface area contributed by atoms with Gasteiger partial charge in [-0.3, -0.25) is 4.79 Å². The summed E-state index contributed by atoms with van der Waals surface area (Å²) in [5.74, 6) is -0.418. The van der Waals surface area contributed by atoms with Gasteiger partial charge < -0.3 is 9.64 Å². The zero-order chi connectivity index (χ0) is 19.8. The van der Waals surface area contributed by atoms with Crippen LogP contribution in [0, 0.1) is 18.2 Å². The molecule has 1 saturated heterocycles. The number of carbonyl (C=O) groups excluding carboxylic acids is 1. The third-order valence-electron chi connectivity index (χ3n) is 4.84. The number of nitrogens with zero attached hydrogens (tertiary/aromatic N) is 3. The van der Waals surface area contributed by atoms with Crippen molar-refractivity contribution in [3.05, 3.63) is 52.1 Å². The van der Waals surface area contributed by atoms with Crippen molar-refractivity contribution in [2.75, 3.05) is 19.7 Å². The van der Waals surface area contributed by atoms with Crippen molar-refractivity contribution in [3.63, 3.8) is 0 Å². The lowest BCUT2D eigenvalue weighted by atomic mass is 9.88. The van der Waals surface area contributed by atoms with E-state index in [1.165, 1.54) is 12.1 Å². The molecule has 5 nitrogen and oxygen atoms in total. The Hall–Kier alpha value is -1.92. The summed E-state index contributed by atoms with van der Waals surface area (Å²) in [6, 6.07) is 6.15. The summed E-state index contributed by atoms with van der Waals surface area (Å²) in [6.07, 6.45) is -0.0245. The van der Waals surface area contributed by atoms with E-state index in [1.807, 2.05) is 0 Å². The van der Waals surface area contributed by atoms with E-state index in [2.05, 4.69) is 25.9 Å². The number of hydrogen-bond acceptors (Lipinski definition) is 3. The molecule has 0 N–H and O–H groups in total. The highest BCUT2D eigenvalue weighted by molar-refractivity contribution is 6.33. The molecule has 0 bridgehead atoms. The molecular weight excluding hydrogens is 369 g/mol. The first kappa shape index (κ1) is 19.8. The van der Waals surface area contributed by atoms with Crippen LogP contribution in [0.3, 0.4) is 0 Å². The number of benzene rings is 1. The zero-order valence-electron chi connectivity index (χ0n) is 16.1. The normalized spacial score (nSPS) is 18.0. The van der Waals surface area contributed by atoms with Gasteiger partial charge in [0.05, 0.1) is 30.5 Å². The molecule has 1 unspecified atom stereocenters. The van der Waals surface area contributed by atoms with E-state index in [9.17, 15) is 9.18 Å². The number of hydrogen-bond donors (Lipinski definition) is 0. The molecule has 27 heavy (non-hydrogen) atoms. The number of ether oxygens (including phenoxy) is 1. The molecule has 1 aromatic heterocycles. The van der Waals surface area contributed by atoms with Crippen molar-refractivity contribution in [1.82, 2.24) is 14.7 Å². The SMILES string of the molecule is Cc1nn(Cc2ccc(F)cc2)c(Cl)c1C(=O)N1CCOC(C(C)(C)C)C1. The molecule has 146 valence electrons. The van der Waals surface area contributed by atoms with Gasteiger partial charge in [-0.2, -0.15) is 5.10 Å². The molecule has 2 aromatic rings. The molecule has 1 amide bonds. The number of aryl methyl sites for hydroxylation is 1. The molecule has 0 radical (unpaired) electrons. The van der Waals surface area contributed by atoms with Crippen LogP contribution in [0.1, 0.15) is 42.4 Å². The maximum Gasteiger partial charge on any atom is 0.259 e. The average Bonchev–Trinajstić information content (AvgIpc) is 2.89. The molecule has 7 heteroatoms. The minimum absolute atomic E-state index is 0.0245. The molecule has 1 aliphatic rings. The van der Waals surface area contributed by atoms with Gasteiger partial charge in [0.2, 0.25) is 0 Å². The minimum Gasteiger partial charge on any atom is -0.374 e. The Bertz CT molecular complexity index is 827. The second-order valence-corrected chi connectivity index (χ2v) is 8.37. The smallest absolute Gasteiger partial charge is 0.259 e. The number of rotatable bonds is 3. The van der Waals surface area contributed by atoms with Crippen molar-refractivity contribution in [2.45, 2.75) is 40.3 Å². The predicted octanol–water partition coefficient (Wildman–Crippen LogP) is 3.92. The standard InChI is InChI=1S/C20H25ClFN3O2/c1-13-17(19(26)24-9-10-27-16(12-24)20(2,3)4)18(21)25(23-13)11-14-5-7-15(22)8-6-14/h5-8,16H,9-12H2,1-4H3. The lowest BCUT2D eigenvalue weighted by Gasteiger charge is -2.39. The van der Waals surface area contributed by atoms with Gasteiger partial charge in [-0.25, -0.2) is 9.07 Å². The van der Waals surface area contributed by atoms with Gasteiger partial charge in [0, 0.05) is 13.1 Å². The van der Waals surface area contributed by atoms with Gasteiger partial charge in [0.15, 0.2) is 0 Å². The third-order valence-corrected chi connectivity index (χ3v) is 5.23. The maximum atomic E-state index is 13.1. The highest BCUT2D eigenvalue weighted by Crippen LogP contribution is 2.28. The molecule has 2 heterocycles. The molecule has 1 atom stereocenters. The van der Waals surface area contributed by atoms with Crippen LogP contribution in [0.4, 0.5) is 4.39 Å². The van der Waals surface area contributed by atoms with E-state index in [0.29, 0.717) is 42.7 Å². The highest BCUT2D eigenvalue weighted by Gasteiger charge is 2.34. The summed E-state index contributed by atoms with van der Waals surface area (Å²) in [4.78, 5) is 14.9. The summed E-state index contributed by atoms with van der Waals surface area (Å²) >= 11 is 6.50. The van der Waals surface area contributed by atoms with Crippen molar-refractivity contribution in [2.24, 2.45) is 5.41 Å². The number of amides is 1. The first-order valence-electron chi connectivity index (χ1n) is 9.05. The van der Waals surface area contributed by atoms with E-state index in [4.69, 9.17) is 16.3 Å². The molecular formula is C20H25ClFN3O2. The lowest BCUT2D eigenvalue weighted by Crippen LogP contribution is -2.50. The molecule has 1 fully saturated rings. The Morgan fingerprint density at radius 2 is 2.00 bits per heavy atom. The van der Waals surface area contributed by atoms with Gasteiger partial charge in [-0.05, 0) is 30.0 Å². The van der Waals surface area contributed by atoms with Gasteiger partial charge in [0.25, 0.3) is 5.91 Å². The molecule has 1 aliphatic heterocycles. The van der Waals surface area contributed by atoms with Gasteiger partial charge in [-0.1, -0.05) is 44.5 Å². The second-order valence-electron chi connectivity index (χ2n) is 8.01. The largest absolute Gasteiger partial charge is 0.374 e. The summed E-state index contributed by atoms with van der Waals surface area (Å²) in [5, 5.41) is 4.73. The molecule has 0 aliphatic carbocycles. The van der Waals surface area contributed by atoms with Crippen molar-refractivity contribution in [1.29, 1.82) is 0 Å². The van der Waals surface area contributed by atoms with E-state index >= 15 is 0 Å². The monoisotopic (exact) mass is 393 g/mol. The van der Waals surface area contributed by atoms with Gasteiger partial charge in [0.1, 0.15) is 11.0 Å². The summed E-state index contributed by atoms with van der Waals surface area (Å²) < 4.78 is 20.5. The van der Waals surface area contributed by atoms with Crippen LogP contribution in [0.2, 0.25) is 5.15 Å². The maximum absolute atomic E-state index is 13.1. The zero-order valence-corrected chi connectivity index (χ0v) is 16.9. The molecule has 0 saturated carbocycles.